The Bertz CT molecular complexity index is 386. The van der Waals surface area contributed by atoms with Crippen LogP contribution in [0.5, 0.6) is 0 Å². The van der Waals surface area contributed by atoms with Crippen molar-refractivity contribution >= 4 is 0 Å². The van der Waals surface area contributed by atoms with Crippen LogP contribution < -0.4 is 0 Å². The van der Waals surface area contributed by atoms with Gasteiger partial charge in [-0.2, -0.15) is 13.2 Å². The van der Waals surface area contributed by atoms with Gasteiger partial charge < -0.3 is 5.11 Å². The van der Waals surface area contributed by atoms with Gasteiger partial charge in [0.15, 0.2) is 0 Å². The third-order valence-corrected chi connectivity index (χ3v) is 3.15. The van der Waals surface area contributed by atoms with Crippen LogP contribution in [0.15, 0.2) is 24.3 Å². The van der Waals surface area contributed by atoms with E-state index in [2.05, 4.69) is 0 Å². The summed E-state index contributed by atoms with van der Waals surface area (Å²) in [6.45, 7) is 0. The zero-order valence-electron chi connectivity index (χ0n) is 8.72. The van der Waals surface area contributed by atoms with E-state index in [0.717, 1.165) is 5.56 Å². The van der Waals surface area contributed by atoms with Gasteiger partial charge in [0.05, 0.1) is 5.60 Å². The zero-order valence-corrected chi connectivity index (χ0v) is 8.72. The fourth-order valence-electron chi connectivity index (χ4n) is 2.28. The second-order valence-electron chi connectivity index (χ2n) is 4.30. The van der Waals surface area contributed by atoms with Gasteiger partial charge in [0, 0.05) is 6.42 Å². The Morgan fingerprint density at radius 1 is 1.25 bits per heavy atom. The number of aliphatic hydroxyl groups is 1. The lowest BCUT2D eigenvalue weighted by Crippen LogP contribution is -2.25. The highest BCUT2D eigenvalue weighted by atomic mass is 19.4. The SMILES string of the molecule is OC1(CCC(F)(F)F)CCc2ccccc21. The van der Waals surface area contributed by atoms with Gasteiger partial charge in [-0.25, -0.2) is 0 Å². The largest absolute Gasteiger partial charge is 0.389 e. The second kappa shape index (κ2) is 3.77. The molecule has 0 saturated carbocycles. The van der Waals surface area contributed by atoms with Crippen molar-refractivity contribution in [2.24, 2.45) is 0 Å². The van der Waals surface area contributed by atoms with Crippen LogP contribution in [0.3, 0.4) is 0 Å². The maximum atomic E-state index is 12.1. The highest BCUT2D eigenvalue weighted by Crippen LogP contribution is 2.41. The highest BCUT2D eigenvalue weighted by molar-refractivity contribution is 5.36. The molecule has 0 saturated heterocycles. The Labute approximate surface area is 91.9 Å². The fraction of sp³-hybridized carbons (Fsp3) is 0.500. The van der Waals surface area contributed by atoms with Crippen LogP contribution in [0.2, 0.25) is 0 Å². The number of benzene rings is 1. The molecule has 1 aromatic carbocycles. The molecule has 0 aliphatic heterocycles. The lowest BCUT2D eigenvalue weighted by molar-refractivity contribution is -0.147. The van der Waals surface area contributed by atoms with Crippen LogP contribution in [0.25, 0.3) is 0 Å². The van der Waals surface area contributed by atoms with Crippen molar-refractivity contribution in [3.63, 3.8) is 0 Å². The Hall–Kier alpha value is -1.03. The van der Waals surface area contributed by atoms with Crippen molar-refractivity contribution in [3.8, 4) is 0 Å². The first-order chi connectivity index (χ1) is 7.41. The van der Waals surface area contributed by atoms with Crippen LogP contribution in [-0.4, -0.2) is 11.3 Å². The molecule has 0 aromatic heterocycles. The van der Waals surface area contributed by atoms with Gasteiger partial charge in [-0.15, -0.1) is 0 Å². The molecule has 0 fully saturated rings. The Balaban J connectivity index is 2.16. The van der Waals surface area contributed by atoms with Gasteiger partial charge in [-0.05, 0) is 30.4 Å². The average Bonchev–Trinajstić information content (AvgIpc) is 2.55. The van der Waals surface area contributed by atoms with Gasteiger partial charge in [0.1, 0.15) is 0 Å². The number of halogens is 3. The summed E-state index contributed by atoms with van der Waals surface area (Å²) in [5.41, 5.74) is 0.345. The van der Waals surface area contributed by atoms with Crippen molar-refractivity contribution in [1.29, 1.82) is 0 Å². The molecular weight excluding hydrogens is 217 g/mol. The van der Waals surface area contributed by atoms with Crippen molar-refractivity contribution in [2.75, 3.05) is 0 Å². The molecule has 0 spiro atoms. The molecule has 1 aromatic rings. The van der Waals surface area contributed by atoms with Gasteiger partial charge in [0.25, 0.3) is 0 Å². The molecule has 1 nitrogen and oxygen atoms in total. The van der Waals surface area contributed by atoms with E-state index >= 15 is 0 Å². The minimum atomic E-state index is -4.20. The van der Waals surface area contributed by atoms with Crippen molar-refractivity contribution in [1.82, 2.24) is 0 Å². The number of hydrogen-bond donors (Lipinski definition) is 1. The number of rotatable bonds is 2. The predicted octanol–water partition coefficient (Wildman–Crippen LogP) is 3.16. The van der Waals surface area contributed by atoms with E-state index in [1.54, 1.807) is 12.1 Å². The van der Waals surface area contributed by atoms with E-state index in [0.29, 0.717) is 18.4 Å². The van der Waals surface area contributed by atoms with Crippen LogP contribution in [0, 0.1) is 0 Å². The molecule has 1 N–H and O–H groups in total. The van der Waals surface area contributed by atoms with Crippen LogP contribution in [0.1, 0.15) is 30.4 Å². The van der Waals surface area contributed by atoms with Gasteiger partial charge >= 0.3 is 6.18 Å². The normalized spacial score (nSPS) is 24.5. The first-order valence-electron chi connectivity index (χ1n) is 5.28. The van der Waals surface area contributed by atoms with Gasteiger partial charge in [0.2, 0.25) is 0 Å². The molecule has 88 valence electrons. The molecular formula is C12H13F3O. The third-order valence-electron chi connectivity index (χ3n) is 3.15. The Kier molecular flexibility index (Phi) is 2.70. The van der Waals surface area contributed by atoms with Crippen LogP contribution >= 0.6 is 0 Å². The number of alkyl halides is 3. The Morgan fingerprint density at radius 2 is 1.94 bits per heavy atom. The molecule has 0 heterocycles. The van der Waals surface area contributed by atoms with E-state index in [1.807, 2.05) is 12.1 Å². The molecule has 0 radical (unpaired) electrons. The number of aryl methyl sites for hydroxylation is 1. The summed E-state index contributed by atoms with van der Waals surface area (Å²) in [4.78, 5) is 0. The first kappa shape index (κ1) is 11.5. The zero-order chi connectivity index (χ0) is 11.8. The monoisotopic (exact) mass is 230 g/mol. The third kappa shape index (κ3) is 2.21. The fourth-order valence-corrected chi connectivity index (χ4v) is 2.28. The van der Waals surface area contributed by atoms with E-state index < -0.39 is 18.2 Å². The Morgan fingerprint density at radius 3 is 2.62 bits per heavy atom. The van der Waals surface area contributed by atoms with E-state index in [1.165, 1.54) is 0 Å². The molecule has 0 bridgehead atoms. The molecule has 2 rings (SSSR count). The summed E-state index contributed by atoms with van der Waals surface area (Å²) in [7, 11) is 0. The van der Waals surface area contributed by atoms with E-state index in [-0.39, 0.29) is 6.42 Å². The standard InChI is InChI=1S/C12H13F3O/c13-12(14,15)8-7-11(16)6-5-9-3-1-2-4-10(9)11/h1-4,16H,5-8H2. The minimum absolute atomic E-state index is 0.243. The molecule has 0 amide bonds. The molecule has 1 atom stereocenters. The molecule has 1 aliphatic rings. The summed E-state index contributed by atoms with van der Waals surface area (Å²) in [5.74, 6) is 0. The lowest BCUT2D eigenvalue weighted by atomic mass is 9.91. The molecule has 1 aliphatic carbocycles. The first-order valence-corrected chi connectivity index (χ1v) is 5.28. The summed E-state index contributed by atoms with van der Waals surface area (Å²) < 4.78 is 36.4. The van der Waals surface area contributed by atoms with Crippen molar-refractivity contribution < 1.29 is 18.3 Å². The second-order valence-corrected chi connectivity index (χ2v) is 4.30. The van der Waals surface area contributed by atoms with Crippen LogP contribution in [0.4, 0.5) is 13.2 Å². The van der Waals surface area contributed by atoms with Gasteiger partial charge in [-0.3, -0.25) is 0 Å². The summed E-state index contributed by atoms with van der Waals surface area (Å²) in [6.07, 6.45) is -4.33. The predicted molar refractivity (Wildman–Crippen MR) is 53.9 cm³/mol. The number of hydrogen-bond acceptors (Lipinski definition) is 1. The van der Waals surface area contributed by atoms with E-state index in [4.69, 9.17) is 0 Å². The maximum absolute atomic E-state index is 12.1. The summed E-state index contributed by atoms with van der Waals surface area (Å²) in [5, 5.41) is 10.2. The smallest absolute Gasteiger partial charge is 0.385 e. The van der Waals surface area contributed by atoms with Crippen LogP contribution in [-0.2, 0) is 12.0 Å². The minimum Gasteiger partial charge on any atom is -0.385 e. The van der Waals surface area contributed by atoms with E-state index in [9.17, 15) is 18.3 Å². The lowest BCUT2D eigenvalue weighted by Gasteiger charge is -2.24. The number of fused-ring (bicyclic) bond motifs is 1. The average molecular weight is 230 g/mol. The van der Waals surface area contributed by atoms with Crippen molar-refractivity contribution in [2.45, 2.75) is 37.5 Å². The van der Waals surface area contributed by atoms with Crippen molar-refractivity contribution in [3.05, 3.63) is 35.4 Å². The molecule has 1 unspecified atom stereocenters. The molecule has 16 heavy (non-hydrogen) atoms. The molecule has 4 heteroatoms. The summed E-state index contributed by atoms with van der Waals surface area (Å²) in [6, 6.07) is 7.18. The van der Waals surface area contributed by atoms with Gasteiger partial charge in [-0.1, -0.05) is 24.3 Å². The maximum Gasteiger partial charge on any atom is 0.389 e. The highest BCUT2D eigenvalue weighted by Gasteiger charge is 2.39. The quantitative estimate of drug-likeness (QED) is 0.827. The summed E-state index contributed by atoms with van der Waals surface area (Å²) >= 11 is 0. The topological polar surface area (TPSA) is 20.2 Å².